The number of rotatable bonds is 16. The molecule has 0 aromatic carbocycles. The van der Waals surface area contributed by atoms with Crippen LogP contribution in [-0.2, 0) is 23.6 Å². The van der Waals surface area contributed by atoms with Gasteiger partial charge in [-0.05, 0) is 0 Å². The van der Waals surface area contributed by atoms with E-state index in [1.807, 2.05) is 0 Å². The summed E-state index contributed by atoms with van der Waals surface area (Å²) in [5.41, 5.74) is 0. The molecule has 10 heteroatoms. The van der Waals surface area contributed by atoms with Gasteiger partial charge in [0, 0.05) is 0 Å². The molecule has 0 bridgehead atoms. The Hall–Kier alpha value is 0.259. The van der Waals surface area contributed by atoms with Crippen molar-refractivity contribution in [3.8, 4) is 0 Å². The fourth-order valence-corrected chi connectivity index (χ4v) is 10.3. The molecule has 3 atom stereocenters. The Kier molecular flexibility index (Phi) is 17.0. The average Bonchev–Trinajstić information content (AvgIpc) is 2.73. The molecular formula is C20H38O6S3Sn. The van der Waals surface area contributed by atoms with Crippen molar-refractivity contribution in [1.29, 1.82) is 0 Å². The second-order valence-electron chi connectivity index (χ2n) is 7.71. The number of hydrogen-bond acceptors (Lipinski definition) is 9. The van der Waals surface area contributed by atoms with Crippen LogP contribution < -0.4 is 0 Å². The van der Waals surface area contributed by atoms with E-state index in [4.69, 9.17) is 9.22 Å². The van der Waals surface area contributed by atoms with E-state index in [2.05, 4.69) is 44.8 Å². The number of hydrogen-bond donors (Lipinski definition) is 3. The van der Waals surface area contributed by atoms with Crippen molar-refractivity contribution in [2.75, 3.05) is 17.3 Å². The van der Waals surface area contributed by atoms with Crippen molar-refractivity contribution in [3.05, 3.63) is 0 Å². The first-order valence-electron chi connectivity index (χ1n) is 10.7. The second kappa shape index (κ2) is 16.8. The summed E-state index contributed by atoms with van der Waals surface area (Å²) in [5, 5.41) is 0. The maximum absolute atomic E-state index is 12.6. The van der Waals surface area contributed by atoms with Crippen LogP contribution in [0.1, 0.15) is 66.2 Å². The van der Waals surface area contributed by atoms with Crippen molar-refractivity contribution < 1.29 is 23.6 Å². The Balaban J connectivity index is 5.63. The van der Waals surface area contributed by atoms with E-state index in [0.717, 1.165) is 32.1 Å². The number of unbranched alkanes of at least 4 members (excludes halogenated alkanes) is 5. The summed E-state index contributed by atoms with van der Waals surface area (Å²) in [4.78, 5) is 37.7. The van der Waals surface area contributed by atoms with E-state index >= 15 is 0 Å². The normalized spacial score (nSPS) is 16.1. The van der Waals surface area contributed by atoms with Crippen molar-refractivity contribution in [2.24, 2.45) is 17.8 Å². The van der Waals surface area contributed by atoms with Crippen molar-refractivity contribution >= 4 is 75.4 Å². The maximum atomic E-state index is 12.6. The summed E-state index contributed by atoms with van der Waals surface area (Å²) in [6.45, 7) is 7.17. The van der Waals surface area contributed by atoms with Crippen molar-refractivity contribution in [3.63, 3.8) is 0 Å². The molecule has 0 aromatic heterocycles. The summed E-state index contributed by atoms with van der Waals surface area (Å²) in [6, 6.07) is 0. The van der Waals surface area contributed by atoms with Crippen LogP contribution in [0.15, 0.2) is 0 Å². The molecule has 176 valence electrons. The van der Waals surface area contributed by atoms with Gasteiger partial charge in [-0.2, -0.15) is 0 Å². The van der Waals surface area contributed by atoms with Crippen molar-refractivity contribution in [2.45, 2.75) is 70.7 Å². The first-order valence-corrected chi connectivity index (χ1v) is 18.1. The van der Waals surface area contributed by atoms with Crippen LogP contribution in [0.3, 0.4) is 0 Å². The molecule has 0 saturated carbocycles. The second-order valence-corrected chi connectivity index (χ2v) is 15.9. The van der Waals surface area contributed by atoms with Crippen LogP contribution in [0.2, 0.25) is 4.44 Å². The van der Waals surface area contributed by atoms with Crippen LogP contribution in [0, 0.1) is 17.8 Å². The van der Waals surface area contributed by atoms with E-state index in [-0.39, 0.29) is 21.7 Å². The molecule has 0 spiro atoms. The Bertz CT molecular complexity index is 475. The van der Waals surface area contributed by atoms with Gasteiger partial charge in [-0.25, -0.2) is 0 Å². The van der Waals surface area contributed by atoms with Crippen LogP contribution >= 0.6 is 37.9 Å². The Labute approximate surface area is 203 Å². The topological polar surface area (TPSA) is 78.9 Å². The van der Waals surface area contributed by atoms with Gasteiger partial charge in [0.2, 0.25) is 0 Å². The zero-order valence-corrected chi connectivity index (χ0v) is 24.1. The van der Waals surface area contributed by atoms with Crippen LogP contribution in [0.5, 0.6) is 0 Å². The van der Waals surface area contributed by atoms with E-state index in [9.17, 15) is 14.4 Å². The third-order valence-electron chi connectivity index (χ3n) is 4.63. The van der Waals surface area contributed by atoms with E-state index < -0.39 is 55.3 Å². The summed E-state index contributed by atoms with van der Waals surface area (Å²) in [6.07, 6.45) is 5.99. The van der Waals surface area contributed by atoms with Gasteiger partial charge in [-0.3, -0.25) is 0 Å². The molecule has 0 rings (SSSR count). The number of carbonyl (C=O) groups excluding carboxylic acids is 3. The molecular weight excluding hydrogens is 551 g/mol. The minimum absolute atomic E-state index is 0.278. The molecule has 0 fully saturated rings. The van der Waals surface area contributed by atoms with Gasteiger partial charge in [-0.1, -0.05) is 0 Å². The van der Waals surface area contributed by atoms with Gasteiger partial charge in [0.05, 0.1) is 0 Å². The molecule has 0 heterocycles. The standard InChI is InChI=1S/C8H17.3C4H8O2S.Sn/c1-3-5-7-8-6-4-2;3*1-3(2-7)4(5)6;/h1,3-8H2,2H3;3*3,7H,2H2,1H3,(H,5,6);/q;;;;+3/p-3. The molecule has 6 nitrogen and oxygen atoms in total. The van der Waals surface area contributed by atoms with Gasteiger partial charge < -0.3 is 0 Å². The van der Waals surface area contributed by atoms with Crippen LogP contribution in [0.25, 0.3) is 0 Å². The molecule has 0 aliphatic heterocycles. The predicted octanol–water partition coefficient (Wildman–Crippen LogP) is 4.61. The van der Waals surface area contributed by atoms with Gasteiger partial charge in [0.1, 0.15) is 0 Å². The Morgan fingerprint density at radius 3 is 1.33 bits per heavy atom. The van der Waals surface area contributed by atoms with Gasteiger partial charge in [-0.15, -0.1) is 0 Å². The zero-order chi connectivity index (χ0) is 23.2. The third kappa shape index (κ3) is 11.8. The van der Waals surface area contributed by atoms with E-state index in [1.165, 1.54) is 0 Å². The SMILES string of the molecule is CCCCCCC[CH2][Sn]([O]C(=O)C(C)CS)([O]C(=O)C(C)CS)[O]C(=O)C(C)CS. The summed E-state index contributed by atoms with van der Waals surface area (Å²) >= 11 is 7.55. The molecule has 0 saturated heterocycles. The molecule has 30 heavy (non-hydrogen) atoms. The van der Waals surface area contributed by atoms with Gasteiger partial charge >= 0.3 is 205 Å². The summed E-state index contributed by atoms with van der Waals surface area (Å²) in [5.74, 6) is -2.33. The van der Waals surface area contributed by atoms with Gasteiger partial charge in [0.25, 0.3) is 0 Å². The average molecular weight is 589 g/mol. The van der Waals surface area contributed by atoms with E-state index in [0.29, 0.717) is 6.42 Å². The third-order valence-corrected chi connectivity index (χ3v) is 13.4. The molecule has 0 radical (unpaired) electrons. The Morgan fingerprint density at radius 2 is 1.00 bits per heavy atom. The fraction of sp³-hybridized carbons (Fsp3) is 0.850. The van der Waals surface area contributed by atoms with E-state index in [1.54, 1.807) is 20.8 Å². The van der Waals surface area contributed by atoms with Crippen LogP contribution in [0.4, 0.5) is 0 Å². The minimum atomic E-state index is -4.89. The molecule has 0 aliphatic carbocycles. The van der Waals surface area contributed by atoms with Crippen LogP contribution in [-0.4, -0.2) is 54.8 Å². The first kappa shape index (κ1) is 30.3. The number of thiol groups is 3. The molecule has 0 amide bonds. The monoisotopic (exact) mass is 590 g/mol. The summed E-state index contributed by atoms with van der Waals surface area (Å²) in [7, 11) is 0. The summed E-state index contributed by atoms with van der Waals surface area (Å²) < 4.78 is 17.5. The predicted molar refractivity (Wildman–Crippen MR) is 131 cm³/mol. The molecule has 3 unspecified atom stereocenters. The molecule has 0 N–H and O–H groups in total. The van der Waals surface area contributed by atoms with Crippen molar-refractivity contribution in [1.82, 2.24) is 0 Å². The molecule has 0 aliphatic rings. The zero-order valence-electron chi connectivity index (χ0n) is 18.6. The molecule has 0 aromatic rings. The van der Waals surface area contributed by atoms with Gasteiger partial charge in [0.15, 0.2) is 0 Å². The number of carbonyl (C=O) groups is 3. The quantitative estimate of drug-likeness (QED) is 0.139. The first-order chi connectivity index (χ1) is 14.2. The fourth-order valence-electron chi connectivity index (χ4n) is 2.32. The Morgan fingerprint density at radius 1 is 0.667 bits per heavy atom.